The van der Waals surface area contributed by atoms with E-state index in [9.17, 15) is 4.79 Å². The van der Waals surface area contributed by atoms with E-state index in [4.69, 9.17) is 0 Å². The van der Waals surface area contributed by atoms with Crippen molar-refractivity contribution in [1.82, 2.24) is 10.2 Å². The summed E-state index contributed by atoms with van der Waals surface area (Å²) in [7, 11) is 1.74. The van der Waals surface area contributed by atoms with Crippen molar-refractivity contribution in [1.29, 1.82) is 0 Å². The van der Waals surface area contributed by atoms with Crippen molar-refractivity contribution >= 4 is 5.91 Å². The van der Waals surface area contributed by atoms with E-state index in [0.717, 1.165) is 19.5 Å². The average molecular weight is 254 g/mol. The minimum absolute atomic E-state index is 0.201. The highest BCUT2D eigenvalue weighted by Crippen LogP contribution is 2.31. The van der Waals surface area contributed by atoms with Gasteiger partial charge in [0.15, 0.2) is 0 Å². The highest BCUT2D eigenvalue weighted by molar-refractivity contribution is 5.78. The first-order chi connectivity index (χ1) is 8.57. The van der Waals surface area contributed by atoms with Crippen LogP contribution in [0.4, 0.5) is 0 Å². The fraction of sp³-hybridized carbons (Fsp3) is 0.933. The molecule has 0 aromatic heterocycles. The zero-order valence-electron chi connectivity index (χ0n) is 12.6. The van der Waals surface area contributed by atoms with Gasteiger partial charge in [-0.25, -0.2) is 0 Å². The third kappa shape index (κ3) is 3.71. The van der Waals surface area contributed by atoms with Crippen LogP contribution in [-0.2, 0) is 4.79 Å². The molecule has 0 spiro atoms. The van der Waals surface area contributed by atoms with Crippen LogP contribution in [0.15, 0.2) is 0 Å². The van der Waals surface area contributed by atoms with Gasteiger partial charge in [0, 0.05) is 19.1 Å². The second-order valence-corrected chi connectivity index (χ2v) is 5.85. The number of carbonyl (C=O) groups excluding carboxylic acids is 1. The molecule has 0 bridgehead atoms. The lowest BCUT2D eigenvalue weighted by atomic mass is 9.89. The summed E-state index contributed by atoms with van der Waals surface area (Å²) in [6.45, 7) is 8.92. The summed E-state index contributed by atoms with van der Waals surface area (Å²) < 4.78 is 0. The number of carbonyl (C=O) groups is 1. The van der Waals surface area contributed by atoms with Gasteiger partial charge < -0.3 is 5.32 Å². The molecule has 0 aromatic carbocycles. The quantitative estimate of drug-likeness (QED) is 0.709. The molecule has 0 aliphatic carbocycles. The highest BCUT2D eigenvalue weighted by Gasteiger charge is 2.37. The summed E-state index contributed by atoms with van der Waals surface area (Å²) in [5, 5.41) is 2.78. The van der Waals surface area contributed by atoms with E-state index in [1.54, 1.807) is 7.05 Å². The molecule has 0 saturated carbocycles. The molecule has 18 heavy (non-hydrogen) atoms. The van der Waals surface area contributed by atoms with Gasteiger partial charge in [-0.15, -0.1) is 0 Å². The molecule has 1 N–H and O–H groups in total. The van der Waals surface area contributed by atoms with E-state index < -0.39 is 0 Å². The Morgan fingerprint density at radius 3 is 2.67 bits per heavy atom. The van der Waals surface area contributed by atoms with Crippen molar-refractivity contribution in [2.75, 3.05) is 20.1 Å². The van der Waals surface area contributed by atoms with Crippen LogP contribution >= 0.6 is 0 Å². The maximum absolute atomic E-state index is 11.7. The maximum atomic E-state index is 11.7. The SMILES string of the molecule is CCCCCC(C)(CC)N1CC[C@@H](C(=O)NC)C1. The monoisotopic (exact) mass is 254 g/mol. The fourth-order valence-electron chi connectivity index (χ4n) is 2.98. The van der Waals surface area contributed by atoms with Crippen LogP contribution in [0.3, 0.4) is 0 Å². The largest absolute Gasteiger partial charge is 0.359 e. The number of rotatable bonds is 7. The van der Waals surface area contributed by atoms with Crippen LogP contribution in [0.2, 0.25) is 0 Å². The van der Waals surface area contributed by atoms with Gasteiger partial charge in [0.25, 0.3) is 0 Å². The molecule has 3 nitrogen and oxygen atoms in total. The number of unbranched alkanes of at least 4 members (excludes halogenated alkanes) is 2. The molecule has 2 atom stereocenters. The van der Waals surface area contributed by atoms with E-state index in [2.05, 4.69) is 31.0 Å². The number of likely N-dealkylation sites (tertiary alicyclic amines) is 1. The zero-order chi connectivity index (χ0) is 13.6. The fourth-order valence-corrected chi connectivity index (χ4v) is 2.98. The molecule has 1 aliphatic heterocycles. The highest BCUT2D eigenvalue weighted by atomic mass is 16.1. The molecule has 0 aromatic rings. The van der Waals surface area contributed by atoms with Gasteiger partial charge in [0.05, 0.1) is 5.92 Å². The van der Waals surface area contributed by atoms with Gasteiger partial charge in [0.1, 0.15) is 0 Å². The summed E-state index contributed by atoms with van der Waals surface area (Å²) in [5.41, 5.74) is 0.290. The Kier molecular flexibility index (Phi) is 6.13. The van der Waals surface area contributed by atoms with Crippen molar-refractivity contribution in [2.45, 2.75) is 64.8 Å². The minimum Gasteiger partial charge on any atom is -0.359 e. The Hall–Kier alpha value is -0.570. The third-order valence-corrected chi connectivity index (χ3v) is 4.65. The predicted molar refractivity (Wildman–Crippen MR) is 76.6 cm³/mol. The first-order valence-electron chi connectivity index (χ1n) is 7.54. The zero-order valence-corrected chi connectivity index (χ0v) is 12.6. The van der Waals surface area contributed by atoms with Gasteiger partial charge in [0.2, 0.25) is 5.91 Å². The number of nitrogens with one attached hydrogen (secondary N) is 1. The van der Waals surface area contributed by atoms with E-state index in [0.29, 0.717) is 0 Å². The molecule has 0 radical (unpaired) electrons. The summed E-state index contributed by atoms with van der Waals surface area (Å²) >= 11 is 0. The van der Waals surface area contributed by atoms with Crippen LogP contribution in [0, 0.1) is 5.92 Å². The molecular weight excluding hydrogens is 224 g/mol. The summed E-state index contributed by atoms with van der Waals surface area (Å²) in [6.07, 6.45) is 7.36. The standard InChI is InChI=1S/C15H30N2O/c1-5-7-8-10-15(3,6-2)17-11-9-13(12-17)14(18)16-4/h13H,5-12H2,1-4H3,(H,16,18)/t13-,15?/m1/s1. The molecule has 1 saturated heterocycles. The molecule has 3 heteroatoms. The average Bonchev–Trinajstić information content (AvgIpc) is 2.88. The summed E-state index contributed by atoms with van der Waals surface area (Å²) in [6, 6.07) is 0. The summed E-state index contributed by atoms with van der Waals surface area (Å²) in [5.74, 6) is 0.413. The van der Waals surface area contributed by atoms with Crippen molar-refractivity contribution in [2.24, 2.45) is 5.92 Å². The van der Waals surface area contributed by atoms with Gasteiger partial charge in [-0.1, -0.05) is 33.1 Å². The minimum atomic E-state index is 0.201. The number of hydrogen-bond acceptors (Lipinski definition) is 2. The lowest BCUT2D eigenvalue weighted by molar-refractivity contribution is -0.124. The summed E-state index contributed by atoms with van der Waals surface area (Å²) in [4.78, 5) is 14.2. The third-order valence-electron chi connectivity index (χ3n) is 4.65. The second kappa shape index (κ2) is 7.13. The van der Waals surface area contributed by atoms with Gasteiger partial charge in [-0.2, -0.15) is 0 Å². The molecule has 1 unspecified atom stereocenters. The maximum Gasteiger partial charge on any atom is 0.224 e. The van der Waals surface area contributed by atoms with E-state index in [1.165, 1.54) is 32.1 Å². The van der Waals surface area contributed by atoms with Crippen molar-refractivity contribution < 1.29 is 4.79 Å². The van der Waals surface area contributed by atoms with Crippen LogP contribution in [0.1, 0.15) is 59.3 Å². The van der Waals surface area contributed by atoms with Gasteiger partial charge in [-0.05, 0) is 32.7 Å². The van der Waals surface area contributed by atoms with E-state index in [-0.39, 0.29) is 17.4 Å². The van der Waals surface area contributed by atoms with Gasteiger partial charge in [-0.3, -0.25) is 9.69 Å². The topological polar surface area (TPSA) is 32.3 Å². The second-order valence-electron chi connectivity index (χ2n) is 5.85. The Morgan fingerprint density at radius 1 is 1.39 bits per heavy atom. The van der Waals surface area contributed by atoms with E-state index in [1.807, 2.05) is 0 Å². The van der Waals surface area contributed by atoms with Crippen LogP contribution < -0.4 is 5.32 Å². The van der Waals surface area contributed by atoms with Crippen molar-refractivity contribution in [3.63, 3.8) is 0 Å². The smallest absolute Gasteiger partial charge is 0.224 e. The van der Waals surface area contributed by atoms with E-state index >= 15 is 0 Å². The lowest BCUT2D eigenvalue weighted by Crippen LogP contribution is -2.45. The normalized spacial score (nSPS) is 23.9. The van der Waals surface area contributed by atoms with Crippen molar-refractivity contribution in [3.8, 4) is 0 Å². The number of amides is 1. The lowest BCUT2D eigenvalue weighted by Gasteiger charge is -2.38. The molecule has 106 valence electrons. The molecule has 1 rings (SSSR count). The predicted octanol–water partition coefficient (Wildman–Crippen LogP) is 2.80. The molecule has 1 fully saturated rings. The first-order valence-corrected chi connectivity index (χ1v) is 7.54. The van der Waals surface area contributed by atoms with Crippen LogP contribution in [-0.4, -0.2) is 36.5 Å². The molecule has 1 amide bonds. The Bertz CT molecular complexity index is 267. The van der Waals surface area contributed by atoms with Crippen molar-refractivity contribution in [3.05, 3.63) is 0 Å². The molecular formula is C15H30N2O. The van der Waals surface area contributed by atoms with Crippen LogP contribution in [0.25, 0.3) is 0 Å². The molecule has 1 aliphatic rings. The Labute approximate surface area is 112 Å². The van der Waals surface area contributed by atoms with Crippen LogP contribution in [0.5, 0.6) is 0 Å². The number of nitrogens with zero attached hydrogens (tertiary/aromatic N) is 1. The number of hydrogen-bond donors (Lipinski definition) is 1. The Balaban J connectivity index is 2.53. The Morgan fingerprint density at radius 2 is 2.11 bits per heavy atom. The first kappa shape index (κ1) is 15.5. The molecule has 1 heterocycles. The van der Waals surface area contributed by atoms with Gasteiger partial charge >= 0.3 is 0 Å².